The quantitative estimate of drug-likeness (QED) is 0.284. The molecule has 0 saturated heterocycles. The van der Waals surface area contributed by atoms with Gasteiger partial charge in [0, 0.05) is 10.9 Å². The van der Waals surface area contributed by atoms with Crippen LogP contribution in [0, 0.1) is 5.41 Å². The second-order valence-corrected chi connectivity index (χ2v) is 11.6. The topological polar surface area (TPSA) is 70.6 Å². The van der Waals surface area contributed by atoms with Crippen LogP contribution in [-0.2, 0) is 16.1 Å². The molecule has 34 heavy (non-hydrogen) atoms. The van der Waals surface area contributed by atoms with E-state index in [0.29, 0.717) is 26.6 Å². The minimum absolute atomic E-state index is 0.366. The third-order valence-corrected chi connectivity index (χ3v) is 8.64. The third kappa shape index (κ3) is 5.49. The molecular weight excluding hydrogens is 466 g/mol. The van der Waals surface area contributed by atoms with Crippen LogP contribution in [0.3, 0.4) is 0 Å². The molecule has 1 unspecified atom stereocenters. The Bertz CT molecular complexity index is 1200. The lowest BCUT2D eigenvalue weighted by atomic mass is 9.77. The predicted octanol–water partition coefficient (Wildman–Crippen LogP) is 6.94. The van der Waals surface area contributed by atoms with E-state index in [2.05, 4.69) is 48.9 Å². The molecule has 3 aromatic rings. The number of rotatable bonds is 7. The zero-order chi connectivity index (χ0) is 24.3. The SMILES string of the molecule is COC(=O)c1ccc(N[S+]([O-])c2ccc(-c3ccc(C4=CCC(C)(C)CC4)cc3)s2)c(OC)c1. The number of ether oxygens (including phenoxy) is 2. The van der Waals surface area contributed by atoms with Crippen molar-refractivity contribution in [3.63, 3.8) is 0 Å². The molecule has 1 heterocycles. The van der Waals surface area contributed by atoms with Crippen LogP contribution in [0.15, 0.2) is 64.9 Å². The summed E-state index contributed by atoms with van der Waals surface area (Å²) in [7, 11) is 2.83. The molecule has 5 nitrogen and oxygen atoms in total. The molecule has 178 valence electrons. The summed E-state index contributed by atoms with van der Waals surface area (Å²) in [4.78, 5) is 12.8. The molecule has 2 aromatic carbocycles. The van der Waals surface area contributed by atoms with E-state index in [0.717, 1.165) is 23.3 Å². The number of nitrogens with one attached hydrogen (secondary N) is 1. The van der Waals surface area contributed by atoms with Crippen LogP contribution in [0.4, 0.5) is 5.69 Å². The van der Waals surface area contributed by atoms with Gasteiger partial charge < -0.3 is 14.0 Å². The van der Waals surface area contributed by atoms with Crippen LogP contribution in [0.1, 0.15) is 49.0 Å². The van der Waals surface area contributed by atoms with Crippen LogP contribution in [0.25, 0.3) is 16.0 Å². The van der Waals surface area contributed by atoms with Crippen LogP contribution in [0.2, 0.25) is 0 Å². The van der Waals surface area contributed by atoms with Gasteiger partial charge in [-0.15, -0.1) is 0 Å². The number of thiophene rings is 1. The number of esters is 1. The lowest BCUT2D eigenvalue weighted by molar-refractivity contribution is 0.0600. The first-order chi connectivity index (χ1) is 16.3. The fraction of sp³-hybridized carbons (Fsp3) is 0.296. The van der Waals surface area contributed by atoms with Crippen molar-refractivity contribution in [2.45, 2.75) is 37.3 Å². The molecule has 1 aromatic heterocycles. The smallest absolute Gasteiger partial charge is 0.337 e. The molecule has 7 heteroatoms. The Morgan fingerprint density at radius 2 is 1.79 bits per heavy atom. The standard InChI is InChI=1S/C27H29NO4S2/c1-27(2)15-13-19(14-16-27)18-5-7-20(8-6-18)24-11-12-25(33-24)34(30)28-22-10-9-21(26(29)32-4)17-23(22)31-3/h5-13,17,28H,14-16H2,1-4H3. The highest BCUT2D eigenvalue weighted by molar-refractivity contribution is 7.94. The van der Waals surface area contributed by atoms with E-state index in [1.54, 1.807) is 18.2 Å². The molecule has 1 atom stereocenters. The number of methoxy groups -OCH3 is 2. The summed E-state index contributed by atoms with van der Waals surface area (Å²) in [5, 5.41) is 0. The van der Waals surface area contributed by atoms with Crippen molar-refractivity contribution in [3.8, 4) is 16.2 Å². The summed E-state index contributed by atoms with van der Waals surface area (Å²) in [6.07, 6.45) is 5.82. The zero-order valence-corrected chi connectivity index (χ0v) is 21.5. The number of hydrogen-bond donors (Lipinski definition) is 1. The molecule has 1 aliphatic carbocycles. The summed E-state index contributed by atoms with van der Waals surface area (Å²) in [6, 6.07) is 17.3. The Kier molecular flexibility index (Phi) is 7.36. The van der Waals surface area contributed by atoms with Crippen molar-refractivity contribution in [3.05, 3.63) is 71.8 Å². The van der Waals surface area contributed by atoms with Gasteiger partial charge in [0.25, 0.3) is 0 Å². The number of carbonyl (C=O) groups is 1. The van der Waals surface area contributed by atoms with Crippen LogP contribution in [0.5, 0.6) is 5.75 Å². The first-order valence-electron chi connectivity index (χ1n) is 11.1. The third-order valence-electron chi connectivity index (χ3n) is 6.10. The van der Waals surface area contributed by atoms with Gasteiger partial charge in [-0.25, -0.2) is 4.79 Å². The van der Waals surface area contributed by atoms with E-state index < -0.39 is 17.3 Å². The average Bonchev–Trinajstić information content (AvgIpc) is 3.34. The van der Waals surface area contributed by atoms with Gasteiger partial charge >= 0.3 is 5.97 Å². The minimum atomic E-state index is -1.47. The predicted molar refractivity (Wildman–Crippen MR) is 140 cm³/mol. The molecule has 0 radical (unpaired) electrons. The van der Waals surface area contributed by atoms with E-state index in [1.807, 2.05) is 12.1 Å². The summed E-state index contributed by atoms with van der Waals surface area (Å²) in [5.74, 6) is -0.0347. The van der Waals surface area contributed by atoms with Gasteiger partial charge in [-0.1, -0.05) is 55.5 Å². The monoisotopic (exact) mass is 495 g/mol. The first kappa shape index (κ1) is 24.4. The number of benzene rings is 2. The second kappa shape index (κ2) is 10.3. The number of hydrogen-bond acceptors (Lipinski definition) is 6. The molecular formula is C27H29NO4S2. The zero-order valence-electron chi connectivity index (χ0n) is 19.8. The van der Waals surface area contributed by atoms with E-state index in [9.17, 15) is 9.35 Å². The van der Waals surface area contributed by atoms with Gasteiger partial charge in [-0.2, -0.15) is 4.72 Å². The molecule has 0 aliphatic heterocycles. The van der Waals surface area contributed by atoms with Gasteiger partial charge in [0.2, 0.25) is 4.21 Å². The van der Waals surface area contributed by atoms with Gasteiger partial charge in [-0.05, 0) is 65.6 Å². The summed E-state index contributed by atoms with van der Waals surface area (Å²) in [6.45, 7) is 4.65. The Morgan fingerprint density at radius 3 is 2.44 bits per heavy atom. The lowest BCUT2D eigenvalue weighted by Gasteiger charge is -2.28. The highest BCUT2D eigenvalue weighted by atomic mass is 32.2. The highest BCUT2D eigenvalue weighted by Gasteiger charge is 2.22. The normalized spacial score (nSPS) is 15.9. The van der Waals surface area contributed by atoms with E-state index in [-0.39, 0.29) is 0 Å². The molecule has 0 bridgehead atoms. The van der Waals surface area contributed by atoms with Crippen molar-refractivity contribution in [1.29, 1.82) is 0 Å². The van der Waals surface area contributed by atoms with Crippen LogP contribution < -0.4 is 9.46 Å². The minimum Gasteiger partial charge on any atom is -0.587 e. The molecule has 1 N–H and O–H groups in total. The average molecular weight is 496 g/mol. The van der Waals surface area contributed by atoms with E-state index in [1.165, 1.54) is 43.1 Å². The fourth-order valence-electron chi connectivity index (χ4n) is 3.93. The molecule has 0 spiro atoms. The maximum absolute atomic E-state index is 13.0. The molecule has 0 amide bonds. The fourth-order valence-corrected chi connectivity index (χ4v) is 6.03. The summed E-state index contributed by atoms with van der Waals surface area (Å²) in [5.41, 5.74) is 5.11. The first-order valence-corrected chi connectivity index (χ1v) is 13.1. The maximum Gasteiger partial charge on any atom is 0.337 e. The van der Waals surface area contributed by atoms with Crippen LogP contribution >= 0.6 is 11.3 Å². The van der Waals surface area contributed by atoms with Gasteiger partial charge in [0.05, 0.1) is 19.8 Å². The molecule has 0 saturated carbocycles. The lowest BCUT2D eigenvalue weighted by Crippen LogP contribution is -2.13. The Balaban J connectivity index is 1.46. The van der Waals surface area contributed by atoms with Crippen molar-refractivity contribution >= 4 is 39.9 Å². The van der Waals surface area contributed by atoms with E-state index >= 15 is 0 Å². The van der Waals surface area contributed by atoms with Gasteiger partial charge in [0.15, 0.2) is 0 Å². The van der Waals surface area contributed by atoms with Crippen LogP contribution in [-0.4, -0.2) is 24.7 Å². The van der Waals surface area contributed by atoms with Crippen molar-refractivity contribution in [1.82, 2.24) is 0 Å². The molecule has 1 aliphatic rings. The maximum atomic E-state index is 13.0. The highest BCUT2D eigenvalue weighted by Crippen LogP contribution is 2.39. The number of anilines is 1. The second-order valence-electron chi connectivity index (χ2n) is 9.07. The van der Waals surface area contributed by atoms with Gasteiger partial charge in [-0.3, -0.25) is 0 Å². The Morgan fingerprint density at radius 1 is 1.06 bits per heavy atom. The largest absolute Gasteiger partial charge is 0.587 e. The van der Waals surface area contributed by atoms with Crippen molar-refractivity contribution in [2.75, 3.05) is 18.9 Å². The Hall–Kier alpha value is -2.74. The summed E-state index contributed by atoms with van der Waals surface area (Å²) < 4.78 is 26.8. The van der Waals surface area contributed by atoms with Crippen molar-refractivity contribution < 1.29 is 18.8 Å². The molecule has 0 fully saturated rings. The summed E-state index contributed by atoms with van der Waals surface area (Å²) >= 11 is 0.0166. The van der Waals surface area contributed by atoms with Crippen molar-refractivity contribution in [2.24, 2.45) is 5.41 Å². The molecule has 4 rings (SSSR count). The van der Waals surface area contributed by atoms with E-state index in [4.69, 9.17) is 9.47 Å². The van der Waals surface area contributed by atoms with Gasteiger partial charge in [0.1, 0.15) is 22.8 Å². The number of allylic oxidation sites excluding steroid dienone is 2. The Labute approximate surface area is 208 Å². The number of carbonyl (C=O) groups excluding carboxylic acids is 1.